The number of nitrogen functional groups attached to an aromatic ring is 1. The van der Waals surface area contributed by atoms with Gasteiger partial charge < -0.3 is 20.5 Å². The Morgan fingerprint density at radius 1 is 1.21 bits per heavy atom. The number of benzene rings is 1. The van der Waals surface area contributed by atoms with E-state index in [0.717, 1.165) is 24.2 Å². The van der Waals surface area contributed by atoms with Crippen LogP contribution in [-0.2, 0) is 6.42 Å². The van der Waals surface area contributed by atoms with E-state index in [2.05, 4.69) is 20.3 Å². The van der Waals surface area contributed by atoms with Gasteiger partial charge in [-0.3, -0.25) is 9.59 Å². The van der Waals surface area contributed by atoms with Gasteiger partial charge in [0.05, 0.1) is 0 Å². The molecule has 1 aliphatic rings. The topological polar surface area (TPSA) is 127 Å². The van der Waals surface area contributed by atoms with E-state index in [1.807, 2.05) is 6.07 Å². The fourth-order valence-electron chi connectivity index (χ4n) is 3.65. The molecule has 0 aliphatic heterocycles. The summed E-state index contributed by atoms with van der Waals surface area (Å²) >= 11 is 0. The number of H-pyrrole nitrogens is 1. The molecule has 1 aliphatic carbocycles. The van der Waals surface area contributed by atoms with E-state index < -0.39 is 0 Å². The fraction of sp³-hybridized carbons (Fsp3) is 0.400. The standard InChI is InChI=1S/C20H23N5O3/c21-16-11-18(26)25-17(24-16)8-9-22-19(27)13-6-7-14-15(10-13)28-20(23-14)12-4-2-1-3-5-12/h6-7,10-12H,1-5,8-9H2,(H,22,27)(H3,21,24,25,26). The average molecular weight is 381 g/mol. The molecule has 8 heteroatoms. The molecule has 3 aromatic rings. The number of anilines is 1. The number of fused-ring (bicyclic) bond motifs is 1. The van der Waals surface area contributed by atoms with Gasteiger partial charge in [0, 0.05) is 30.5 Å². The summed E-state index contributed by atoms with van der Waals surface area (Å²) in [5, 5.41) is 2.82. The number of aromatic nitrogens is 3. The van der Waals surface area contributed by atoms with Crippen molar-refractivity contribution in [3.05, 3.63) is 51.9 Å². The summed E-state index contributed by atoms with van der Waals surface area (Å²) in [6, 6.07) is 6.50. The molecule has 4 N–H and O–H groups in total. The highest BCUT2D eigenvalue weighted by Crippen LogP contribution is 2.33. The van der Waals surface area contributed by atoms with E-state index in [-0.39, 0.29) is 17.3 Å². The predicted octanol–water partition coefficient (Wildman–Crippen LogP) is 2.51. The zero-order chi connectivity index (χ0) is 19.5. The van der Waals surface area contributed by atoms with Gasteiger partial charge in [-0.25, -0.2) is 9.97 Å². The Bertz CT molecular complexity index is 1050. The molecule has 0 spiro atoms. The van der Waals surface area contributed by atoms with Gasteiger partial charge in [0.2, 0.25) is 0 Å². The second-order valence-electron chi connectivity index (χ2n) is 7.19. The van der Waals surface area contributed by atoms with Crippen LogP contribution in [0.15, 0.2) is 33.5 Å². The molecule has 1 amide bonds. The number of carbonyl (C=O) groups is 1. The minimum absolute atomic E-state index is 0.162. The van der Waals surface area contributed by atoms with Crippen molar-refractivity contribution in [2.24, 2.45) is 0 Å². The summed E-state index contributed by atoms with van der Waals surface area (Å²) in [4.78, 5) is 35.1. The minimum Gasteiger partial charge on any atom is -0.440 e. The fourth-order valence-corrected chi connectivity index (χ4v) is 3.65. The maximum absolute atomic E-state index is 12.4. The van der Waals surface area contributed by atoms with Crippen molar-refractivity contribution < 1.29 is 9.21 Å². The molecule has 0 bridgehead atoms. The zero-order valence-electron chi connectivity index (χ0n) is 15.5. The summed E-state index contributed by atoms with van der Waals surface area (Å²) in [5.41, 5.74) is 7.17. The Labute approximate surface area is 161 Å². The second-order valence-corrected chi connectivity index (χ2v) is 7.19. The van der Waals surface area contributed by atoms with Crippen LogP contribution < -0.4 is 16.6 Å². The highest BCUT2D eigenvalue weighted by Gasteiger charge is 2.21. The third kappa shape index (κ3) is 4.05. The van der Waals surface area contributed by atoms with Crippen molar-refractivity contribution in [1.29, 1.82) is 0 Å². The normalized spacial score (nSPS) is 15.0. The van der Waals surface area contributed by atoms with Crippen LogP contribution in [0.5, 0.6) is 0 Å². The first-order valence-electron chi connectivity index (χ1n) is 9.63. The summed E-state index contributed by atoms with van der Waals surface area (Å²) in [5.74, 6) is 1.54. The monoisotopic (exact) mass is 381 g/mol. The van der Waals surface area contributed by atoms with Gasteiger partial charge in [-0.2, -0.15) is 0 Å². The van der Waals surface area contributed by atoms with E-state index >= 15 is 0 Å². The highest BCUT2D eigenvalue weighted by molar-refractivity contribution is 5.97. The Morgan fingerprint density at radius 3 is 2.82 bits per heavy atom. The quantitative estimate of drug-likeness (QED) is 0.623. The molecule has 2 aromatic heterocycles. The smallest absolute Gasteiger partial charge is 0.252 e. The Hall–Kier alpha value is -3.16. The van der Waals surface area contributed by atoms with E-state index in [4.69, 9.17) is 10.2 Å². The average Bonchev–Trinajstić information content (AvgIpc) is 3.11. The molecule has 1 aromatic carbocycles. The number of aromatic amines is 1. The first kappa shape index (κ1) is 18.2. The van der Waals surface area contributed by atoms with Gasteiger partial charge >= 0.3 is 0 Å². The third-order valence-corrected chi connectivity index (χ3v) is 5.08. The molecule has 4 rings (SSSR count). The Kier molecular flexibility index (Phi) is 5.10. The molecule has 1 fully saturated rings. The van der Waals surface area contributed by atoms with E-state index in [1.165, 1.54) is 25.3 Å². The van der Waals surface area contributed by atoms with E-state index in [0.29, 0.717) is 35.9 Å². The van der Waals surface area contributed by atoms with E-state index in [9.17, 15) is 9.59 Å². The van der Waals surface area contributed by atoms with Crippen LogP contribution in [0.1, 0.15) is 60.1 Å². The van der Waals surface area contributed by atoms with Crippen LogP contribution in [0.25, 0.3) is 11.1 Å². The van der Waals surface area contributed by atoms with Crippen molar-refractivity contribution in [1.82, 2.24) is 20.3 Å². The summed E-state index contributed by atoms with van der Waals surface area (Å²) in [7, 11) is 0. The van der Waals surface area contributed by atoms with Crippen molar-refractivity contribution in [2.75, 3.05) is 12.3 Å². The number of nitrogens with zero attached hydrogens (tertiary/aromatic N) is 2. The maximum atomic E-state index is 12.4. The van der Waals surface area contributed by atoms with Crippen LogP contribution >= 0.6 is 0 Å². The zero-order valence-corrected chi connectivity index (χ0v) is 15.5. The Balaban J connectivity index is 1.41. The lowest BCUT2D eigenvalue weighted by molar-refractivity contribution is 0.0954. The number of amides is 1. The number of hydrogen-bond acceptors (Lipinski definition) is 6. The predicted molar refractivity (Wildman–Crippen MR) is 105 cm³/mol. The van der Waals surface area contributed by atoms with Crippen molar-refractivity contribution in [2.45, 2.75) is 44.4 Å². The molecule has 1 saturated carbocycles. The lowest BCUT2D eigenvalue weighted by atomic mass is 9.89. The summed E-state index contributed by atoms with van der Waals surface area (Å²) in [6.07, 6.45) is 6.30. The van der Waals surface area contributed by atoms with Crippen LogP contribution in [0, 0.1) is 0 Å². The largest absolute Gasteiger partial charge is 0.440 e. The SMILES string of the molecule is Nc1cc(=O)[nH]c(CCNC(=O)c2ccc3nc(C4CCCCC4)oc3c2)n1. The molecule has 2 heterocycles. The third-order valence-electron chi connectivity index (χ3n) is 5.08. The molecule has 8 nitrogen and oxygen atoms in total. The number of oxazole rings is 1. The maximum Gasteiger partial charge on any atom is 0.252 e. The van der Waals surface area contributed by atoms with Gasteiger partial charge in [-0.1, -0.05) is 19.3 Å². The van der Waals surface area contributed by atoms with Gasteiger partial charge in [0.25, 0.3) is 11.5 Å². The second kappa shape index (κ2) is 7.84. The van der Waals surface area contributed by atoms with Gasteiger partial charge in [0.1, 0.15) is 17.2 Å². The number of nitrogens with two attached hydrogens (primary N) is 1. The van der Waals surface area contributed by atoms with Gasteiger partial charge in [0.15, 0.2) is 11.5 Å². The van der Waals surface area contributed by atoms with Crippen molar-refractivity contribution in [3.8, 4) is 0 Å². The van der Waals surface area contributed by atoms with Crippen LogP contribution in [0.2, 0.25) is 0 Å². The molecule has 146 valence electrons. The lowest BCUT2D eigenvalue weighted by Crippen LogP contribution is -2.26. The first-order chi connectivity index (χ1) is 13.6. The minimum atomic E-state index is -0.307. The van der Waals surface area contributed by atoms with Crippen LogP contribution in [0.3, 0.4) is 0 Å². The van der Waals surface area contributed by atoms with Crippen LogP contribution in [0.4, 0.5) is 5.82 Å². The van der Waals surface area contributed by atoms with Gasteiger partial charge in [-0.15, -0.1) is 0 Å². The molecular weight excluding hydrogens is 358 g/mol. The van der Waals surface area contributed by atoms with Gasteiger partial charge in [-0.05, 0) is 31.0 Å². The molecule has 0 atom stereocenters. The molecule has 28 heavy (non-hydrogen) atoms. The lowest BCUT2D eigenvalue weighted by Gasteiger charge is -2.17. The van der Waals surface area contributed by atoms with Crippen molar-refractivity contribution >= 4 is 22.8 Å². The molecular formula is C20H23N5O3. The summed E-state index contributed by atoms with van der Waals surface area (Å²) < 4.78 is 5.94. The highest BCUT2D eigenvalue weighted by atomic mass is 16.3. The number of carbonyl (C=O) groups excluding carboxylic acids is 1. The Morgan fingerprint density at radius 2 is 2.04 bits per heavy atom. The number of rotatable bonds is 5. The molecule has 0 unspecified atom stereocenters. The first-order valence-corrected chi connectivity index (χ1v) is 9.63. The number of nitrogens with one attached hydrogen (secondary N) is 2. The van der Waals surface area contributed by atoms with Crippen molar-refractivity contribution in [3.63, 3.8) is 0 Å². The number of hydrogen-bond donors (Lipinski definition) is 3. The summed E-state index contributed by atoms with van der Waals surface area (Å²) in [6.45, 7) is 0.326. The van der Waals surface area contributed by atoms with E-state index in [1.54, 1.807) is 12.1 Å². The molecule has 0 radical (unpaired) electrons. The van der Waals surface area contributed by atoms with Crippen LogP contribution in [-0.4, -0.2) is 27.4 Å². The molecule has 0 saturated heterocycles.